The summed E-state index contributed by atoms with van der Waals surface area (Å²) in [6.07, 6.45) is 0. The van der Waals surface area contributed by atoms with Gasteiger partial charge < -0.3 is 19.4 Å². The van der Waals surface area contributed by atoms with Crippen LogP contribution in [0.5, 0.6) is 0 Å². The van der Waals surface area contributed by atoms with Crippen molar-refractivity contribution in [3.63, 3.8) is 0 Å². The second-order valence-corrected chi connectivity index (χ2v) is 9.13. The summed E-state index contributed by atoms with van der Waals surface area (Å²) < 4.78 is 7.50. The molecule has 0 aromatic carbocycles. The minimum atomic E-state index is -0.167. The fraction of sp³-hybridized carbons (Fsp3) is 0.762. The largest absolute Gasteiger partial charge is 0 e. The molecule has 0 unspecified atom stereocenters. The van der Waals surface area contributed by atoms with E-state index in [-0.39, 0.29) is 56.2 Å². The van der Waals surface area contributed by atoms with Crippen LogP contribution in [0.15, 0.2) is 0 Å². The summed E-state index contributed by atoms with van der Waals surface area (Å²) >= 11 is 0. The standard InChI is InChI=1S/4C5H9N.CO.BrH.Mn/c4*1-5(2,3)6-4;1-2;;/h4*1-3H3;;1H;. The van der Waals surface area contributed by atoms with Crippen LogP contribution < -0.4 is 0 Å². The zero-order valence-corrected chi connectivity index (χ0v) is 22.4. The Bertz CT molecular complexity index is 436. The van der Waals surface area contributed by atoms with Crippen molar-refractivity contribution < 1.29 is 21.7 Å². The molecule has 5 nitrogen and oxygen atoms in total. The molecule has 28 heavy (non-hydrogen) atoms. The van der Waals surface area contributed by atoms with E-state index >= 15 is 0 Å². The first-order valence-corrected chi connectivity index (χ1v) is 7.99. The van der Waals surface area contributed by atoms with Crippen molar-refractivity contribution in [1.29, 1.82) is 0 Å². The van der Waals surface area contributed by atoms with Crippen LogP contribution in [0.1, 0.15) is 83.1 Å². The maximum absolute atomic E-state index is 7.50. The maximum Gasteiger partial charge on any atom is 0 e. The molecule has 0 saturated carbocycles. The Morgan fingerprint density at radius 1 is 0.429 bits per heavy atom. The van der Waals surface area contributed by atoms with Gasteiger partial charge >= 0.3 is 11.3 Å². The molecule has 0 aromatic rings. The van der Waals surface area contributed by atoms with Crippen molar-refractivity contribution in [2.24, 2.45) is 0 Å². The fourth-order valence-corrected chi connectivity index (χ4v) is 0. The van der Waals surface area contributed by atoms with Gasteiger partial charge in [-0.3, -0.25) is 0 Å². The molecule has 1 radical (unpaired) electrons. The van der Waals surface area contributed by atoms with Crippen molar-refractivity contribution in [2.75, 3.05) is 0 Å². The molecule has 7 heteroatoms. The summed E-state index contributed by atoms with van der Waals surface area (Å²) in [5.41, 5.74) is -0.667. The molecular formula is C21H37BrMnN4O. The molecule has 0 spiro atoms. The monoisotopic (exact) mass is 495 g/mol. The van der Waals surface area contributed by atoms with E-state index < -0.39 is 0 Å². The molecule has 0 amide bonds. The van der Waals surface area contributed by atoms with Crippen LogP contribution in [0, 0.1) is 32.9 Å². The first-order chi connectivity index (χ1) is 11.2. The van der Waals surface area contributed by atoms with Gasteiger partial charge in [-0.2, -0.15) is 0 Å². The first-order valence-electron chi connectivity index (χ1n) is 7.99. The summed E-state index contributed by atoms with van der Waals surface area (Å²) in [5.74, 6) is 0. The Hall–Kier alpha value is -1.30. The van der Waals surface area contributed by atoms with Crippen LogP contribution in [0.2, 0.25) is 0 Å². The van der Waals surface area contributed by atoms with E-state index in [1.54, 1.807) is 0 Å². The molecule has 0 aliphatic rings. The van der Waals surface area contributed by atoms with Gasteiger partial charge in [0.25, 0.3) is 0 Å². The molecule has 0 bridgehead atoms. The van der Waals surface area contributed by atoms with E-state index in [1.165, 1.54) is 0 Å². The molecule has 0 fully saturated rings. The molecule has 0 heterocycles. The van der Waals surface area contributed by atoms with E-state index in [2.05, 4.69) is 26.0 Å². The second kappa shape index (κ2) is 22.0. The third kappa shape index (κ3) is 121. The number of halogens is 1. The molecule has 0 rings (SSSR count). The van der Waals surface area contributed by atoms with Crippen LogP contribution in [-0.4, -0.2) is 22.2 Å². The molecule has 0 aliphatic carbocycles. The summed E-state index contributed by atoms with van der Waals surface area (Å²) in [6.45, 7) is 53.1. The van der Waals surface area contributed by atoms with E-state index in [0.717, 1.165) is 0 Å². The Labute approximate surface area is 195 Å². The van der Waals surface area contributed by atoms with Gasteiger partial charge in [0.15, 0.2) is 0 Å². The number of hydrogen-bond acceptors (Lipinski definition) is 0. The van der Waals surface area contributed by atoms with Crippen molar-refractivity contribution in [1.82, 2.24) is 0 Å². The van der Waals surface area contributed by atoms with Crippen molar-refractivity contribution >= 4 is 17.0 Å². The first kappa shape index (κ1) is 45.4. The smallest absolute Gasteiger partial charge is 0 e. The van der Waals surface area contributed by atoms with E-state index in [9.17, 15) is 0 Å². The summed E-state index contributed by atoms with van der Waals surface area (Å²) in [4.78, 5) is 13.1. The summed E-state index contributed by atoms with van der Waals surface area (Å²) in [5, 5.41) is 0. The Morgan fingerprint density at radius 3 is 0.464 bits per heavy atom. The normalized spacial score (nSPS) is 8.93. The minimum Gasteiger partial charge on any atom is 0 e. The average Bonchev–Trinajstić information content (AvgIpc) is 2.48. The van der Waals surface area contributed by atoms with Crippen molar-refractivity contribution in [2.45, 2.75) is 105 Å². The topological polar surface area (TPSA) is 37.3 Å². The Kier molecular flexibility index (Phi) is 35.7. The van der Waals surface area contributed by atoms with E-state index in [1.807, 2.05) is 83.1 Å². The maximum atomic E-state index is 7.50. The predicted molar refractivity (Wildman–Crippen MR) is 120 cm³/mol. The van der Waals surface area contributed by atoms with Gasteiger partial charge in [-0.05, 0) is 0 Å². The van der Waals surface area contributed by atoms with Gasteiger partial charge in [0, 0.05) is 100 Å². The number of nitrogens with zero attached hydrogens (tertiary/aromatic N) is 4. The molecule has 0 aliphatic heterocycles. The van der Waals surface area contributed by atoms with Gasteiger partial charge in [0.05, 0.1) is 0 Å². The number of rotatable bonds is 0. The van der Waals surface area contributed by atoms with Crippen LogP contribution in [0.25, 0.3) is 19.4 Å². The zero-order chi connectivity index (χ0) is 22.8. The van der Waals surface area contributed by atoms with Crippen LogP contribution in [0.4, 0.5) is 0 Å². The van der Waals surface area contributed by atoms with Gasteiger partial charge in [-0.25, -0.2) is 26.3 Å². The van der Waals surface area contributed by atoms with Crippen molar-refractivity contribution in [3.8, 4) is 0 Å². The molecular weight excluding hydrogens is 459 g/mol. The van der Waals surface area contributed by atoms with E-state index in [0.29, 0.717) is 0 Å². The SMILES string of the molecule is Br.[C-]#[N+]C(C)(C)C.[C-]#[N+]C(C)(C)C.[C-]#[N+]C(C)(C)C.[C-]#[N+]C(C)(C)C.[C-]#[O+].[Mn]. The average molecular weight is 496 g/mol. The third-order valence-electron chi connectivity index (χ3n) is 1.34. The van der Waals surface area contributed by atoms with Gasteiger partial charge in [-0.15, -0.1) is 17.0 Å². The van der Waals surface area contributed by atoms with Gasteiger partial charge in [-0.1, -0.05) is 0 Å². The Balaban J connectivity index is -0.0000000398. The number of hydrogen-bond donors (Lipinski definition) is 0. The minimum absolute atomic E-state index is 0. The molecule has 0 aromatic heterocycles. The molecule has 0 atom stereocenters. The molecule has 161 valence electrons. The van der Waals surface area contributed by atoms with Gasteiger partial charge in [0.2, 0.25) is 22.2 Å². The fourth-order valence-electron chi connectivity index (χ4n) is 0. The molecule has 0 saturated heterocycles. The quantitative estimate of drug-likeness (QED) is 0.191. The molecule has 0 N–H and O–H groups in total. The van der Waals surface area contributed by atoms with Crippen LogP contribution in [0.3, 0.4) is 0 Å². The van der Waals surface area contributed by atoms with Crippen LogP contribution in [-0.2, 0) is 21.7 Å². The van der Waals surface area contributed by atoms with Gasteiger partial charge in [0.1, 0.15) is 0 Å². The summed E-state index contributed by atoms with van der Waals surface area (Å²) in [7, 11) is 0. The zero-order valence-electron chi connectivity index (χ0n) is 19.5. The third-order valence-corrected chi connectivity index (χ3v) is 1.34. The Morgan fingerprint density at radius 2 is 0.464 bits per heavy atom. The van der Waals surface area contributed by atoms with Crippen molar-refractivity contribution in [3.05, 3.63) is 52.3 Å². The van der Waals surface area contributed by atoms with Crippen LogP contribution >= 0.6 is 17.0 Å². The summed E-state index contributed by atoms with van der Waals surface area (Å²) in [6, 6.07) is 0. The second-order valence-electron chi connectivity index (χ2n) is 9.13. The van der Waals surface area contributed by atoms with E-state index in [4.69, 9.17) is 30.9 Å². The predicted octanol–water partition coefficient (Wildman–Crippen LogP) is 7.35.